The Bertz CT molecular complexity index is 593. The number of nitrogens with one attached hydrogen (secondary N) is 1. The minimum absolute atomic E-state index is 0.0507. The van der Waals surface area contributed by atoms with Crippen molar-refractivity contribution in [1.82, 2.24) is 10.2 Å². The van der Waals surface area contributed by atoms with E-state index in [9.17, 15) is 14.7 Å². The van der Waals surface area contributed by atoms with Crippen molar-refractivity contribution >= 4 is 41.2 Å². The number of carbonyl (C=O) groups excluding carboxylic acids is 1. The predicted molar refractivity (Wildman–Crippen MR) is 90.2 cm³/mol. The number of rotatable bonds is 6. The zero-order chi connectivity index (χ0) is 16.6. The van der Waals surface area contributed by atoms with Crippen molar-refractivity contribution in [3.63, 3.8) is 0 Å². The van der Waals surface area contributed by atoms with Crippen LogP contribution in [-0.2, 0) is 14.3 Å². The first-order valence-corrected chi connectivity index (χ1v) is 9.22. The Kier molecular flexibility index (Phi) is 4.88. The molecule has 0 radical (unpaired) electrons. The lowest BCUT2D eigenvalue weighted by Gasteiger charge is -2.41. The lowest BCUT2D eigenvalue weighted by atomic mass is 9.95. The number of hydrogen-bond donors (Lipinski definition) is 2. The molecule has 3 atom stereocenters. The quantitative estimate of drug-likeness (QED) is 0.683. The predicted octanol–water partition coefficient (Wildman–Crippen LogP) is 0.931. The SMILES string of the molecule is CCC1C(=O)N2C(C(=O)O)=C(SC3CN=C(COC)NC3)S[C@H]12. The molecule has 1 saturated heterocycles. The van der Waals surface area contributed by atoms with Crippen molar-refractivity contribution in [1.29, 1.82) is 0 Å². The molecular weight excluding hydrogens is 338 g/mol. The lowest BCUT2D eigenvalue weighted by molar-refractivity contribution is -0.151. The largest absolute Gasteiger partial charge is 0.477 e. The van der Waals surface area contributed by atoms with E-state index in [1.54, 1.807) is 7.11 Å². The summed E-state index contributed by atoms with van der Waals surface area (Å²) in [5.74, 6) is -0.345. The maximum absolute atomic E-state index is 12.1. The van der Waals surface area contributed by atoms with Crippen LogP contribution in [0.1, 0.15) is 13.3 Å². The van der Waals surface area contributed by atoms with Crippen LogP contribution in [0, 0.1) is 5.92 Å². The van der Waals surface area contributed by atoms with Crippen LogP contribution >= 0.6 is 23.5 Å². The number of aliphatic imine (C=N–C) groups is 1. The van der Waals surface area contributed by atoms with Crippen LogP contribution in [0.4, 0.5) is 0 Å². The number of aliphatic carboxylic acids is 1. The number of amides is 1. The standard InChI is InChI=1S/C14H19N3O4S2/c1-3-8-11(18)17-10(13(19)20)14(23-12(8)17)22-7-4-15-9(6-21-2)16-5-7/h7-8,12H,3-6H2,1-2H3,(H,15,16)(H,19,20)/t8?,12-/m1/s1. The summed E-state index contributed by atoms with van der Waals surface area (Å²) >= 11 is 3.01. The number of ether oxygens (including phenoxy) is 1. The van der Waals surface area contributed by atoms with E-state index in [4.69, 9.17) is 4.74 Å². The van der Waals surface area contributed by atoms with Crippen molar-refractivity contribution in [2.24, 2.45) is 10.9 Å². The van der Waals surface area contributed by atoms with Gasteiger partial charge in [0.15, 0.2) is 5.70 Å². The van der Waals surface area contributed by atoms with E-state index in [1.807, 2.05) is 6.92 Å². The Morgan fingerprint density at radius 3 is 2.96 bits per heavy atom. The number of β-lactam (4-membered cyclic amide) rings is 1. The Balaban J connectivity index is 1.70. The molecule has 0 saturated carbocycles. The molecule has 7 nitrogen and oxygen atoms in total. The molecule has 0 aromatic heterocycles. The number of carboxylic acid groups (broad SMARTS) is 1. The molecule has 3 aliphatic rings. The molecule has 1 fully saturated rings. The second kappa shape index (κ2) is 6.74. The molecule has 126 valence electrons. The van der Waals surface area contributed by atoms with Crippen LogP contribution in [0.2, 0.25) is 0 Å². The molecule has 3 aliphatic heterocycles. The third-order valence-corrected chi connectivity index (χ3v) is 6.85. The van der Waals surface area contributed by atoms with Gasteiger partial charge in [0.2, 0.25) is 5.91 Å². The van der Waals surface area contributed by atoms with Crippen LogP contribution in [0.15, 0.2) is 14.9 Å². The average molecular weight is 357 g/mol. The molecule has 3 rings (SSSR count). The van der Waals surface area contributed by atoms with Gasteiger partial charge in [-0.2, -0.15) is 0 Å². The van der Waals surface area contributed by atoms with Crippen molar-refractivity contribution in [2.75, 3.05) is 26.8 Å². The summed E-state index contributed by atoms with van der Waals surface area (Å²) in [5.41, 5.74) is 0.145. The molecule has 2 N–H and O–H groups in total. The van der Waals surface area contributed by atoms with Gasteiger partial charge in [-0.3, -0.25) is 14.7 Å². The number of nitrogens with zero attached hydrogens (tertiary/aromatic N) is 2. The summed E-state index contributed by atoms with van der Waals surface area (Å²) in [6.45, 7) is 3.74. The number of thioether (sulfide) groups is 2. The Labute approximate surface area is 142 Å². The van der Waals surface area contributed by atoms with Gasteiger partial charge in [0.1, 0.15) is 12.4 Å². The smallest absolute Gasteiger partial charge is 0.354 e. The van der Waals surface area contributed by atoms with E-state index in [0.717, 1.165) is 16.5 Å². The van der Waals surface area contributed by atoms with Gasteiger partial charge in [-0.1, -0.05) is 18.7 Å². The zero-order valence-corrected chi connectivity index (χ0v) is 14.6. The third-order valence-electron chi connectivity index (χ3n) is 4.03. The van der Waals surface area contributed by atoms with Crippen LogP contribution in [0.25, 0.3) is 0 Å². The molecule has 0 aromatic rings. The summed E-state index contributed by atoms with van der Waals surface area (Å²) in [6, 6.07) is 0. The number of carbonyl (C=O) groups is 2. The maximum Gasteiger partial charge on any atom is 0.354 e. The monoisotopic (exact) mass is 357 g/mol. The van der Waals surface area contributed by atoms with Crippen molar-refractivity contribution in [3.05, 3.63) is 9.93 Å². The molecule has 3 heterocycles. The van der Waals surface area contributed by atoms with Crippen molar-refractivity contribution in [2.45, 2.75) is 24.0 Å². The number of fused-ring (bicyclic) bond motifs is 1. The summed E-state index contributed by atoms with van der Waals surface area (Å²) in [7, 11) is 1.62. The summed E-state index contributed by atoms with van der Waals surface area (Å²) < 4.78 is 5.76. The van der Waals surface area contributed by atoms with E-state index in [2.05, 4.69) is 10.3 Å². The average Bonchev–Trinajstić information content (AvgIpc) is 2.85. The van der Waals surface area contributed by atoms with Gasteiger partial charge in [0, 0.05) is 18.9 Å². The van der Waals surface area contributed by atoms with Crippen LogP contribution in [0.5, 0.6) is 0 Å². The van der Waals surface area contributed by atoms with Crippen LogP contribution in [-0.4, -0.2) is 65.1 Å². The minimum atomic E-state index is -1.03. The normalized spacial score (nSPS) is 29.8. The number of hydrogen-bond acceptors (Lipinski definition) is 7. The lowest BCUT2D eigenvalue weighted by Crippen LogP contribution is -2.56. The summed E-state index contributed by atoms with van der Waals surface area (Å²) in [6.07, 6.45) is 0.744. The molecule has 23 heavy (non-hydrogen) atoms. The fraction of sp³-hybridized carbons (Fsp3) is 0.643. The second-order valence-corrected chi connectivity index (χ2v) is 8.21. The highest BCUT2D eigenvalue weighted by Gasteiger charge is 2.55. The van der Waals surface area contributed by atoms with Gasteiger partial charge in [0.25, 0.3) is 0 Å². The molecule has 0 aromatic carbocycles. The molecule has 0 aliphatic carbocycles. The summed E-state index contributed by atoms with van der Waals surface area (Å²) in [5, 5.41) is 12.8. The molecule has 9 heteroatoms. The molecule has 0 spiro atoms. The fourth-order valence-corrected chi connectivity index (χ4v) is 5.98. The third kappa shape index (κ3) is 2.97. The van der Waals surface area contributed by atoms with E-state index in [0.29, 0.717) is 19.7 Å². The topological polar surface area (TPSA) is 91.2 Å². The van der Waals surface area contributed by atoms with Gasteiger partial charge in [-0.25, -0.2) is 4.79 Å². The first-order chi connectivity index (χ1) is 11.1. The fourth-order valence-electron chi connectivity index (χ4n) is 2.84. The molecule has 1 amide bonds. The van der Waals surface area contributed by atoms with Gasteiger partial charge in [-0.05, 0) is 6.42 Å². The van der Waals surface area contributed by atoms with Crippen LogP contribution < -0.4 is 5.32 Å². The summed E-state index contributed by atoms with van der Waals surface area (Å²) in [4.78, 5) is 29.5. The van der Waals surface area contributed by atoms with Crippen LogP contribution in [0.3, 0.4) is 0 Å². The molecular formula is C14H19N3O4S2. The number of amidine groups is 1. The first-order valence-electron chi connectivity index (χ1n) is 7.46. The van der Waals surface area contributed by atoms with E-state index < -0.39 is 5.97 Å². The van der Waals surface area contributed by atoms with E-state index in [1.165, 1.54) is 28.4 Å². The highest BCUT2D eigenvalue weighted by molar-refractivity contribution is 8.23. The van der Waals surface area contributed by atoms with Gasteiger partial charge in [0.05, 0.1) is 22.1 Å². The zero-order valence-electron chi connectivity index (χ0n) is 12.9. The number of carboxylic acids is 1. The highest BCUT2D eigenvalue weighted by Crippen LogP contribution is 2.54. The maximum atomic E-state index is 12.1. The Morgan fingerprint density at radius 1 is 1.61 bits per heavy atom. The van der Waals surface area contributed by atoms with Crippen molar-refractivity contribution < 1.29 is 19.4 Å². The van der Waals surface area contributed by atoms with E-state index in [-0.39, 0.29) is 28.1 Å². The van der Waals surface area contributed by atoms with Gasteiger partial charge >= 0.3 is 5.97 Å². The molecule has 2 unspecified atom stereocenters. The van der Waals surface area contributed by atoms with Gasteiger partial charge in [-0.15, -0.1) is 11.8 Å². The molecule has 0 bridgehead atoms. The Hall–Kier alpha value is -1.19. The highest BCUT2D eigenvalue weighted by atomic mass is 32.2. The second-order valence-electron chi connectivity index (χ2n) is 5.51. The Morgan fingerprint density at radius 2 is 2.39 bits per heavy atom. The first kappa shape index (κ1) is 16.7. The number of methoxy groups -OCH3 is 1. The van der Waals surface area contributed by atoms with Gasteiger partial charge < -0.3 is 15.2 Å². The van der Waals surface area contributed by atoms with E-state index >= 15 is 0 Å². The minimum Gasteiger partial charge on any atom is -0.477 e. The van der Waals surface area contributed by atoms with Crippen molar-refractivity contribution in [3.8, 4) is 0 Å².